The first kappa shape index (κ1) is 22.9. The van der Waals surface area contributed by atoms with E-state index in [1.54, 1.807) is 0 Å². The van der Waals surface area contributed by atoms with E-state index < -0.39 is 4.92 Å². The molecule has 13 heteroatoms. The maximum absolute atomic E-state index is 11.3. The van der Waals surface area contributed by atoms with Gasteiger partial charge in [0.2, 0.25) is 5.96 Å². The molecule has 0 radical (unpaired) electrons. The summed E-state index contributed by atoms with van der Waals surface area (Å²) < 4.78 is 1.83. The van der Waals surface area contributed by atoms with E-state index in [9.17, 15) is 10.1 Å². The van der Waals surface area contributed by atoms with Crippen LogP contribution in [0.4, 0.5) is 5.69 Å². The van der Waals surface area contributed by atoms with E-state index in [4.69, 9.17) is 34.7 Å². The maximum atomic E-state index is 11.3. The van der Waals surface area contributed by atoms with Crippen LogP contribution in [0.5, 0.6) is 0 Å². The molecule has 0 aliphatic rings. The molecule has 0 aliphatic carbocycles. The molecule has 29 heavy (non-hydrogen) atoms. The highest BCUT2D eigenvalue weighted by atomic mass is 35.5. The molecule has 0 atom stereocenters. The molecule has 0 amide bonds. The van der Waals surface area contributed by atoms with E-state index in [1.165, 1.54) is 29.7 Å². The van der Waals surface area contributed by atoms with Crippen molar-refractivity contribution in [2.75, 3.05) is 0 Å². The summed E-state index contributed by atoms with van der Waals surface area (Å²) in [6, 6.07) is 2.62. The van der Waals surface area contributed by atoms with Gasteiger partial charge in [-0.25, -0.2) is 4.98 Å². The van der Waals surface area contributed by atoms with Crippen molar-refractivity contribution in [1.29, 1.82) is 0 Å². The number of benzene rings is 1. The fraction of sp³-hybridized carbons (Fsp3) is 0.188. The van der Waals surface area contributed by atoms with Crippen molar-refractivity contribution in [1.82, 2.24) is 9.38 Å². The number of thiazole rings is 1. The number of rotatable bonds is 6. The lowest BCUT2D eigenvalue weighted by molar-refractivity contribution is -0.384. The van der Waals surface area contributed by atoms with Crippen LogP contribution >= 0.6 is 46.9 Å². The predicted molar refractivity (Wildman–Crippen MR) is 120 cm³/mol. The molecule has 2 aromatic heterocycles. The third kappa shape index (κ3) is 4.78. The molecule has 154 valence electrons. The number of nitro benzene ring substituents is 1. The molecule has 0 bridgehead atoms. The van der Waals surface area contributed by atoms with Gasteiger partial charge in [0.05, 0.1) is 21.9 Å². The maximum Gasteiger partial charge on any atom is 0.288 e. The van der Waals surface area contributed by atoms with Crippen molar-refractivity contribution in [3.8, 4) is 11.3 Å². The minimum absolute atomic E-state index is 0. The molecule has 2 heterocycles. The Bertz CT molecular complexity index is 1120. The topological polar surface area (TPSA) is 137 Å². The first-order valence-corrected chi connectivity index (χ1v) is 9.65. The Hall–Kier alpha value is -2.40. The Morgan fingerprint density at radius 2 is 2.10 bits per heavy atom. The minimum atomic E-state index is -0.576. The Morgan fingerprint density at radius 3 is 2.72 bits per heavy atom. The Balaban J connectivity index is 0.00000300. The third-order valence-corrected chi connectivity index (χ3v) is 5.41. The Labute approximate surface area is 185 Å². The summed E-state index contributed by atoms with van der Waals surface area (Å²) in [5.41, 5.74) is 11.7. The fourth-order valence-electron chi connectivity index (χ4n) is 2.60. The van der Waals surface area contributed by atoms with Crippen molar-refractivity contribution in [3.63, 3.8) is 0 Å². The number of halogens is 3. The summed E-state index contributed by atoms with van der Waals surface area (Å²) in [6.07, 6.45) is 5.26. The van der Waals surface area contributed by atoms with Crippen molar-refractivity contribution >= 4 is 69.8 Å². The van der Waals surface area contributed by atoms with E-state index in [1.807, 2.05) is 10.6 Å². The molecule has 0 saturated heterocycles. The zero-order valence-electron chi connectivity index (χ0n) is 15.0. The van der Waals surface area contributed by atoms with Crippen LogP contribution in [0.2, 0.25) is 10.0 Å². The summed E-state index contributed by atoms with van der Waals surface area (Å²) in [4.78, 5) is 17.1. The molecule has 0 spiro atoms. The lowest BCUT2D eigenvalue weighted by Crippen LogP contribution is -2.21. The van der Waals surface area contributed by atoms with Gasteiger partial charge in [0, 0.05) is 22.7 Å². The summed E-state index contributed by atoms with van der Waals surface area (Å²) in [5, 5.41) is 18.9. The van der Waals surface area contributed by atoms with Crippen molar-refractivity contribution in [2.45, 2.75) is 19.8 Å². The second-order valence-electron chi connectivity index (χ2n) is 5.76. The molecule has 0 fully saturated rings. The number of hydrogen-bond donors (Lipinski definition) is 2. The zero-order valence-corrected chi connectivity index (χ0v) is 18.1. The van der Waals surface area contributed by atoms with Gasteiger partial charge >= 0.3 is 0 Å². The average molecular weight is 477 g/mol. The minimum Gasteiger partial charge on any atom is -0.369 e. The smallest absolute Gasteiger partial charge is 0.288 e. The standard InChI is InChI=1S/C16H15Cl2N7O2S.ClH/c1-2-3-8-7-24-13(6-21-23-15(19)20)14(22-16(24)28-8)9-4-12(25(26)27)11(18)5-10(9)17;/h4-7H,2-3H2,1H3,(H4,19,20,23);1H/b21-6+;. The number of guanidine groups is 1. The molecule has 9 nitrogen and oxygen atoms in total. The van der Waals surface area contributed by atoms with E-state index in [0.29, 0.717) is 21.9 Å². The third-order valence-electron chi connectivity index (χ3n) is 3.75. The number of nitrogens with two attached hydrogens (primary N) is 2. The normalized spacial score (nSPS) is 11.0. The van der Waals surface area contributed by atoms with Crippen molar-refractivity contribution in [3.05, 3.63) is 49.1 Å². The Kier molecular flexibility index (Phi) is 7.42. The van der Waals surface area contributed by atoms with Crippen LogP contribution in [0.25, 0.3) is 16.2 Å². The highest BCUT2D eigenvalue weighted by Gasteiger charge is 2.22. The van der Waals surface area contributed by atoms with Gasteiger partial charge in [0.25, 0.3) is 5.69 Å². The summed E-state index contributed by atoms with van der Waals surface area (Å²) in [6.45, 7) is 2.08. The van der Waals surface area contributed by atoms with Crippen LogP contribution < -0.4 is 11.5 Å². The van der Waals surface area contributed by atoms with Gasteiger partial charge in [-0.15, -0.1) is 28.8 Å². The molecule has 4 N–H and O–H groups in total. The molecule has 0 saturated carbocycles. The number of hydrogen-bond acceptors (Lipinski definition) is 6. The molecule has 3 aromatic rings. The highest BCUT2D eigenvalue weighted by molar-refractivity contribution is 7.17. The molecule has 1 aromatic carbocycles. The van der Waals surface area contributed by atoms with Crippen LogP contribution in [0.15, 0.2) is 28.5 Å². The second-order valence-corrected chi connectivity index (χ2v) is 7.66. The van der Waals surface area contributed by atoms with Gasteiger partial charge in [-0.2, -0.15) is 5.10 Å². The monoisotopic (exact) mass is 475 g/mol. The fourth-order valence-corrected chi connectivity index (χ4v) is 4.23. The molecular weight excluding hydrogens is 461 g/mol. The number of nitro groups is 1. The van der Waals surface area contributed by atoms with Crippen LogP contribution in [0.3, 0.4) is 0 Å². The van der Waals surface area contributed by atoms with E-state index in [0.717, 1.165) is 17.7 Å². The lowest BCUT2D eigenvalue weighted by Gasteiger charge is -2.04. The van der Waals surface area contributed by atoms with Gasteiger partial charge in [-0.3, -0.25) is 14.5 Å². The average Bonchev–Trinajstić information content (AvgIpc) is 3.13. The first-order valence-electron chi connectivity index (χ1n) is 8.08. The summed E-state index contributed by atoms with van der Waals surface area (Å²) in [5.74, 6) is -0.198. The summed E-state index contributed by atoms with van der Waals surface area (Å²) in [7, 11) is 0. The number of fused-ring (bicyclic) bond motifs is 1. The number of nitrogens with zero attached hydrogens (tertiary/aromatic N) is 5. The SMILES string of the molecule is CCCc1cn2c(/C=N/N=C(N)N)c(-c3cc([N+](=O)[O-])c(Cl)cc3Cl)nc2s1.Cl. The Morgan fingerprint density at radius 1 is 1.38 bits per heavy atom. The van der Waals surface area contributed by atoms with Crippen LogP contribution in [-0.2, 0) is 6.42 Å². The van der Waals surface area contributed by atoms with Gasteiger partial charge in [-0.1, -0.05) is 36.5 Å². The van der Waals surface area contributed by atoms with Gasteiger partial charge in [-0.05, 0) is 12.5 Å². The van der Waals surface area contributed by atoms with Gasteiger partial charge in [0.1, 0.15) is 10.7 Å². The largest absolute Gasteiger partial charge is 0.369 e. The highest BCUT2D eigenvalue weighted by Crippen LogP contribution is 2.38. The van der Waals surface area contributed by atoms with Crippen molar-refractivity contribution < 1.29 is 4.92 Å². The van der Waals surface area contributed by atoms with E-state index in [-0.39, 0.29) is 34.1 Å². The number of aromatic nitrogens is 2. The van der Waals surface area contributed by atoms with E-state index in [2.05, 4.69) is 22.1 Å². The molecule has 0 aliphatic heterocycles. The van der Waals surface area contributed by atoms with Gasteiger partial charge in [0.15, 0.2) is 4.96 Å². The molecule has 3 rings (SSSR count). The zero-order chi connectivity index (χ0) is 20.4. The number of imidazole rings is 1. The van der Waals surface area contributed by atoms with Crippen molar-refractivity contribution in [2.24, 2.45) is 21.7 Å². The van der Waals surface area contributed by atoms with Crippen LogP contribution in [-0.4, -0.2) is 26.5 Å². The first-order chi connectivity index (χ1) is 13.3. The molecular formula is C16H16Cl3N7O2S. The summed E-state index contributed by atoms with van der Waals surface area (Å²) >= 11 is 13.8. The lowest BCUT2D eigenvalue weighted by atomic mass is 10.1. The predicted octanol–water partition coefficient (Wildman–Crippen LogP) is 4.26. The van der Waals surface area contributed by atoms with Crippen LogP contribution in [0, 0.1) is 10.1 Å². The van der Waals surface area contributed by atoms with E-state index >= 15 is 0 Å². The quantitative estimate of drug-likeness (QED) is 0.237. The second kappa shape index (κ2) is 9.40. The van der Waals surface area contributed by atoms with Gasteiger partial charge < -0.3 is 11.5 Å². The van der Waals surface area contributed by atoms with Crippen LogP contribution in [0.1, 0.15) is 23.9 Å². The number of aryl methyl sites for hydroxylation is 1. The molecule has 0 unspecified atom stereocenters.